The number of fused-ring (bicyclic) bond motifs is 1. The van der Waals surface area contributed by atoms with Crippen molar-refractivity contribution in [2.45, 2.75) is 45.6 Å². The number of aliphatic hydroxyl groups excluding tert-OH is 1. The third kappa shape index (κ3) is 5.82. The summed E-state index contributed by atoms with van der Waals surface area (Å²) in [5, 5.41) is 11.5. The number of aliphatic hydroxyl groups is 1. The molecular weight excluding hydrogens is 459 g/mol. The number of hydrogen-bond acceptors (Lipinski definition) is 6. The predicted octanol–water partition coefficient (Wildman–Crippen LogP) is 3.75. The maximum Gasteiger partial charge on any atom is 0.416 e. The minimum Gasteiger partial charge on any atom is -0.391 e. The summed E-state index contributed by atoms with van der Waals surface area (Å²) in [4.78, 5) is 24.3. The van der Waals surface area contributed by atoms with E-state index in [0.717, 1.165) is 41.7 Å². The van der Waals surface area contributed by atoms with E-state index in [2.05, 4.69) is 9.97 Å². The largest absolute Gasteiger partial charge is 0.416 e. The van der Waals surface area contributed by atoms with Crippen LogP contribution in [0.25, 0.3) is 11.0 Å². The summed E-state index contributed by atoms with van der Waals surface area (Å²) in [6, 6.07) is 7.13. The summed E-state index contributed by atoms with van der Waals surface area (Å²) < 4.78 is 40.7. The summed E-state index contributed by atoms with van der Waals surface area (Å²) in [6.07, 6.45) is -0.684. The summed E-state index contributed by atoms with van der Waals surface area (Å²) >= 11 is 0. The highest BCUT2D eigenvalue weighted by Crippen LogP contribution is 2.30. The Bertz CT molecular complexity index is 1160. The van der Waals surface area contributed by atoms with Gasteiger partial charge in [0.1, 0.15) is 23.6 Å². The van der Waals surface area contributed by atoms with Crippen LogP contribution in [0, 0.1) is 5.92 Å². The molecule has 1 aliphatic rings. The minimum absolute atomic E-state index is 0.0432. The van der Waals surface area contributed by atoms with Crippen molar-refractivity contribution in [3.63, 3.8) is 0 Å². The van der Waals surface area contributed by atoms with Crippen LogP contribution in [0.2, 0.25) is 0 Å². The molecule has 0 radical (unpaired) electrons. The highest BCUT2D eigenvalue weighted by atomic mass is 19.4. The van der Waals surface area contributed by atoms with Gasteiger partial charge in [0.15, 0.2) is 0 Å². The van der Waals surface area contributed by atoms with Gasteiger partial charge in [-0.1, -0.05) is 12.1 Å². The van der Waals surface area contributed by atoms with Crippen LogP contribution in [-0.2, 0) is 24.1 Å². The highest BCUT2D eigenvalue weighted by molar-refractivity contribution is 5.87. The van der Waals surface area contributed by atoms with Crippen LogP contribution in [0.5, 0.6) is 0 Å². The molecule has 1 N–H and O–H groups in total. The number of halogens is 3. The zero-order valence-corrected chi connectivity index (χ0v) is 19.9. The van der Waals surface area contributed by atoms with Crippen LogP contribution < -0.4 is 4.90 Å². The van der Waals surface area contributed by atoms with Crippen LogP contribution >= 0.6 is 0 Å². The second-order valence-corrected chi connectivity index (χ2v) is 9.16. The SMILES string of the molecule is CCN(Cc1ccc(C(F)(F)F)cc1)c1ncnc2c1ccn2CC1CCN(CC(C)=O)CC1O. The molecule has 1 fully saturated rings. The van der Waals surface area contributed by atoms with E-state index in [1.807, 2.05) is 33.6 Å². The van der Waals surface area contributed by atoms with Crippen molar-refractivity contribution in [2.75, 3.05) is 31.1 Å². The number of ketones is 1. The molecule has 10 heteroatoms. The van der Waals surface area contributed by atoms with Gasteiger partial charge in [0, 0.05) is 38.3 Å². The van der Waals surface area contributed by atoms with Crippen molar-refractivity contribution < 1.29 is 23.1 Å². The van der Waals surface area contributed by atoms with E-state index < -0.39 is 17.8 Å². The van der Waals surface area contributed by atoms with E-state index in [0.29, 0.717) is 38.5 Å². The first-order valence-electron chi connectivity index (χ1n) is 11.8. The lowest BCUT2D eigenvalue weighted by Crippen LogP contribution is -2.46. The Morgan fingerprint density at radius 2 is 1.94 bits per heavy atom. The number of nitrogens with zero attached hydrogens (tertiary/aromatic N) is 5. The number of Topliss-reactive ketones (excluding diaryl/α,β-unsaturated/α-hetero) is 1. The van der Waals surface area contributed by atoms with Crippen LogP contribution in [-0.4, -0.2) is 62.6 Å². The van der Waals surface area contributed by atoms with E-state index in [4.69, 9.17) is 0 Å². The van der Waals surface area contributed by atoms with Gasteiger partial charge in [-0.25, -0.2) is 9.97 Å². The Morgan fingerprint density at radius 3 is 2.57 bits per heavy atom. The number of alkyl halides is 3. The van der Waals surface area contributed by atoms with Crippen LogP contribution in [0.3, 0.4) is 0 Å². The van der Waals surface area contributed by atoms with Gasteiger partial charge in [-0.2, -0.15) is 13.2 Å². The van der Waals surface area contributed by atoms with Gasteiger partial charge in [0.05, 0.1) is 23.6 Å². The van der Waals surface area contributed by atoms with Crippen molar-refractivity contribution in [1.29, 1.82) is 0 Å². The van der Waals surface area contributed by atoms with E-state index in [1.165, 1.54) is 18.5 Å². The molecule has 188 valence electrons. The number of rotatable bonds is 8. The molecule has 1 aromatic carbocycles. The molecule has 1 aliphatic heterocycles. The van der Waals surface area contributed by atoms with Crippen molar-refractivity contribution in [1.82, 2.24) is 19.4 Å². The normalized spacial score (nSPS) is 19.3. The van der Waals surface area contributed by atoms with Crippen molar-refractivity contribution in [3.8, 4) is 0 Å². The monoisotopic (exact) mass is 489 g/mol. The van der Waals surface area contributed by atoms with E-state index in [-0.39, 0.29) is 11.7 Å². The van der Waals surface area contributed by atoms with Gasteiger partial charge in [-0.15, -0.1) is 0 Å². The van der Waals surface area contributed by atoms with Gasteiger partial charge >= 0.3 is 6.18 Å². The molecule has 0 amide bonds. The zero-order chi connectivity index (χ0) is 25.2. The zero-order valence-electron chi connectivity index (χ0n) is 19.9. The van der Waals surface area contributed by atoms with Crippen molar-refractivity contribution in [3.05, 3.63) is 54.0 Å². The fraction of sp³-hybridized carbons (Fsp3) is 0.480. The summed E-state index contributed by atoms with van der Waals surface area (Å²) in [5.41, 5.74) is 0.839. The molecule has 0 bridgehead atoms. The molecule has 3 heterocycles. The number of anilines is 1. The second-order valence-electron chi connectivity index (χ2n) is 9.16. The fourth-order valence-corrected chi connectivity index (χ4v) is 4.72. The van der Waals surface area contributed by atoms with E-state index >= 15 is 0 Å². The molecule has 35 heavy (non-hydrogen) atoms. The maximum absolute atomic E-state index is 12.9. The Balaban J connectivity index is 1.50. The first kappa shape index (κ1) is 25.1. The lowest BCUT2D eigenvalue weighted by Gasteiger charge is -2.35. The molecule has 1 saturated heterocycles. The number of β-amino-alcohol motifs (C(OH)–C–C–N with tert-alkyl or cyclic N) is 1. The van der Waals surface area contributed by atoms with Gasteiger partial charge in [0.2, 0.25) is 0 Å². The lowest BCUT2D eigenvalue weighted by atomic mass is 9.93. The molecule has 2 aromatic heterocycles. The van der Waals surface area contributed by atoms with Crippen LogP contribution in [0.1, 0.15) is 31.4 Å². The summed E-state index contributed by atoms with van der Waals surface area (Å²) in [6.45, 7) is 6.75. The number of benzene rings is 1. The number of likely N-dealkylation sites (tertiary alicyclic amines) is 1. The first-order valence-corrected chi connectivity index (χ1v) is 11.8. The number of carbonyl (C=O) groups excluding carboxylic acids is 1. The second kappa shape index (κ2) is 10.3. The minimum atomic E-state index is -4.36. The first-order chi connectivity index (χ1) is 16.7. The summed E-state index contributed by atoms with van der Waals surface area (Å²) in [7, 11) is 0. The van der Waals surface area contributed by atoms with Gasteiger partial charge in [0.25, 0.3) is 0 Å². The van der Waals surface area contributed by atoms with E-state index in [9.17, 15) is 23.1 Å². The lowest BCUT2D eigenvalue weighted by molar-refractivity contribution is -0.137. The average molecular weight is 490 g/mol. The predicted molar refractivity (Wildman–Crippen MR) is 127 cm³/mol. The molecule has 0 spiro atoms. The highest BCUT2D eigenvalue weighted by Gasteiger charge is 2.30. The Labute approximate surface area is 202 Å². The molecule has 3 aromatic rings. The van der Waals surface area contributed by atoms with Crippen LogP contribution in [0.4, 0.5) is 19.0 Å². The third-order valence-corrected chi connectivity index (χ3v) is 6.55. The molecule has 2 unspecified atom stereocenters. The Hall–Kier alpha value is -2.98. The third-order valence-electron chi connectivity index (χ3n) is 6.55. The molecule has 7 nitrogen and oxygen atoms in total. The number of piperidine rings is 1. The number of carbonyl (C=O) groups is 1. The van der Waals surface area contributed by atoms with Gasteiger partial charge in [-0.3, -0.25) is 9.69 Å². The van der Waals surface area contributed by atoms with Gasteiger partial charge < -0.3 is 14.6 Å². The summed E-state index contributed by atoms with van der Waals surface area (Å²) in [5.74, 6) is 0.850. The van der Waals surface area contributed by atoms with Crippen molar-refractivity contribution in [2.24, 2.45) is 5.92 Å². The smallest absolute Gasteiger partial charge is 0.391 e. The average Bonchev–Trinajstić information content (AvgIpc) is 3.21. The fourth-order valence-electron chi connectivity index (χ4n) is 4.72. The molecule has 0 aliphatic carbocycles. The van der Waals surface area contributed by atoms with Crippen LogP contribution in [0.15, 0.2) is 42.9 Å². The molecular formula is C25H30F3N5O2. The molecule has 0 saturated carbocycles. The number of aromatic nitrogens is 3. The number of hydrogen-bond donors (Lipinski definition) is 1. The van der Waals surface area contributed by atoms with Gasteiger partial charge in [-0.05, 0) is 50.6 Å². The maximum atomic E-state index is 12.9. The Kier molecular flexibility index (Phi) is 7.42. The standard InChI is InChI=1S/C25H30F3N5O2/c1-3-32(13-18-4-6-20(7-5-18)25(26,27)28)23-21-9-11-33(24(21)30-16-29-23)14-19-8-10-31(12-17(2)34)15-22(19)35/h4-7,9,11,16,19,22,35H,3,8,10,12-15H2,1-2H3. The topological polar surface area (TPSA) is 74.5 Å². The molecule has 2 atom stereocenters. The Morgan fingerprint density at radius 1 is 1.20 bits per heavy atom. The molecule has 4 rings (SSSR count). The van der Waals surface area contributed by atoms with E-state index in [1.54, 1.807) is 6.92 Å². The van der Waals surface area contributed by atoms with Crippen molar-refractivity contribution >= 4 is 22.6 Å². The quantitative estimate of drug-likeness (QED) is 0.520.